The van der Waals surface area contributed by atoms with Crippen LogP contribution in [0.4, 0.5) is 0 Å². The minimum atomic E-state index is 0.0331. The van der Waals surface area contributed by atoms with Gasteiger partial charge in [0.2, 0.25) is 0 Å². The molecule has 0 amide bonds. The van der Waals surface area contributed by atoms with E-state index in [9.17, 15) is 0 Å². The maximum atomic E-state index is 9.04. The molecule has 2 aromatic heterocycles. The van der Waals surface area contributed by atoms with Gasteiger partial charge in [0.25, 0.3) is 0 Å². The largest absolute Gasteiger partial charge is 0.390 e. The van der Waals surface area contributed by atoms with E-state index < -0.39 is 0 Å². The average molecular weight is 206 g/mol. The highest BCUT2D eigenvalue weighted by Crippen LogP contribution is 2.03. The van der Waals surface area contributed by atoms with E-state index in [1.807, 2.05) is 22.4 Å². The summed E-state index contributed by atoms with van der Waals surface area (Å²) in [4.78, 5) is 4.00. The first-order valence-corrected chi connectivity index (χ1v) is 4.88. The average Bonchev–Trinajstić information content (AvgIpc) is 2.83. The number of imidazole rings is 1. The van der Waals surface area contributed by atoms with Crippen LogP contribution in [0.3, 0.4) is 0 Å². The molecule has 1 N–H and O–H groups in total. The second-order valence-electron chi connectivity index (χ2n) is 3.43. The van der Waals surface area contributed by atoms with E-state index in [1.54, 1.807) is 18.7 Å². The van der Waals surface area contributed by atoms with Gasteiger partial charge >= 0.3 is 0 Å². The van der Waals surface area contributed by atoms with Gasteiger partial charge in [-0.05, 0) is 6.07 Å². The molecule has 80 valence electrons. The predicted octanol–water partition coefficient (Wildman–Crippen LogP) is 0.352. The summed E-state index contributed by atoms with van der Waals surface area (Å²) in [5, 5.41) is 13.1. The predicted molar refractivity (Wildman–Crippen MR) is 55.1 cm³/mol. The van der Waals surface area contributed by atoms with Gasteiger partial charge in [0.1, 0.15) is 0 Å². The van der Waals surface area contributed by atoms with Crippen molar-refractivity contribution in [1.29, 1.82) is 0 Å². The maximum Gasteiger partial charge on any atom is 0.0948 e. The molecule has 0 fully saturated rings. The maximum absolute atomic E-state index is 9.04. The van der Waals surface area contributed by atoms with Crippen LogP contribution in [0.25, 0.3) is 0 Å². The lowest BCUT2D eigenvalue weighted by atomic mass is 10.3. The fraction of sp³-hybridized carbons (Fsp3) is 0.400. The third kappa shape index (κ3) is 2.07. The standard InChI is InChI=1S/C10H14N4O/c1-13-9(2-4-12-13)3-5-14-8-11-6-10(14)7-15/h2,4,6,8,15H,3,5,7H2,1H3. The summed E-state index contributed by atoms with van der Waals surface area (Å²) in [6.07, 6.45) is 6.10. The summed E-state index contributed by atoms with van der Waals surface area (Å²) in [7, 11) is 1.93. The molecule has 0 bridgehead atoms. The number of aromatic nitrogens is 4. The summed E-state index contributed by atoms with van der Waals surface area (Å²) < 4.78 is 3.81. The van der Waals surface area contributed by atoms with Crippen LogP contribution in [-0.2, 0) is 26.6 Å². The van der Waals surface area contributed by atoms with Gasteiger partial charge in [0, 0.05) is 31.9 Å². The number of hydrogen-bond acceptors (Lipinski definition) is 3. The smallest absolute Gasteiger partial charge is 0.0948 e. The minimum absolute atomic E-state index is 0.0331. The molecule has 0 aliphatic heterocycles. The molecule has 0 aromatic carbocycles. The number of nitrogens with zero attached hydrogens (tertiary/aromatic N) is 4. The van der Waals surface area contributed by atoms with Crippen LogP contribution in [0.1, 0.15) is 11.4 Å². The second-order valence-corrected chi connectivity index (χ2v) is 3.43. The van der Waals surface area contributed by atoms with Gasteiger partial charge in [-0.1, -0.05) is 0 Å². The van der Waals surface area contributed by atoms with Crippen molar-refractivity contribution in [2.24, 2.45) is 7.05 Å². The van der Waals surface area contributed by atoms with Crippen molar-refractivity contribution in [1.82, 2.24) is 19.3 Å². The lowest BCUT2D eigenvalue weighted by molar-refractivity contribution is 0.270. The Morgan fingerprint density at radius 3 is 2.93 bits per heavy atom. The van der Waals surface area contributed by atoms with Gasteiger partial charge in [-0.25, -0.2) is 4.98 Å². The van der Waals surface area contributed by atoms with Crippen molar-refractivity contribution >= 4 is 0 Å². The number of rotatable bonds is 4. The van der Waals surface area contributed by atoms with E-state index in [0.29, 0.717) is 0 Å². The Morgan fingerprint density at radius 1 is 1.40 bits per heavy atom. The van der Waals surface area contributed by atoms with E-state index in [2.05, 4.69) is 10.1 Å². The summed E-state index contributed by atoms with van der Waals surface area (Å²) in [5.41, 5.74) is 2.02. The molecule has 0 radical (unpaired) electrons. The molecule has 2 heterocycles. The topological polar surface area (TPSA) is 55.9 Å². The van der Waals surface area contributed by atoms with Gasteiger partial charge in [0.15, 0.2) is 0 Å². The van der Waals surface area contributed by atoms with Gasteiger partial charge < -0.3 is 9.67 Å². The number of aliphatic hydroxyl groups excluding tert-OH is 1. The van der Waals surface area contributed by atoms with Crippen molar-refractivity contribution in [3.8, 4) is 0 Å². The number of hydrogen-bond donors (Lipinski definition) is 1. The third-order valence-electron chi connectivity index (χ3n) is 2.49. The molecular formula is C10H14N4O. The van der Waals surface area contributed by atoms with Crippen LogP contribution in [0.2, 0.25) is 0 Å². The molecule has 0 atom stereocenters. The van der Waals surface area contributed by atoms with E-state index in [4.69, 9.17) is 5.11 Å². The zero-order chi connectivity index (χ0) is 10.7. The van der Waals surface area contributed by atoms with E-state index in [1.165, 1.54) is 5.69 Å². The van der Waals surface area contributed by atoms with Crippen LogP contribution >= 0.6 is 0 Å². The molecule has 5 heteroatoms. The lowest BCUT2D eigenvalue weighted by Crippen LogP contribution is -2.07. The summed E-state index contributed by atoms with van der Waals surface area (Å²) >= 11 is 0. The first-order chi connectivity index (χ1) is 7.31. The molecule has 0 unspecified atom stereocenters. The second kappa shape index (κ2) is 4.27. The van der Waals surface area contributed by atoms with Crippen molar-refractivity contribution in [2.45, 2.75) is 19.6 Å². The number of aliphatic hydroxyl groups is 1. The van der Waals surface area contributed by atoms with Gasteiger partial charge in [-0.2, -0.15) is 5.10 Å². The summed E-state index contributed by atoms with van der Waals surface area (Å²) in [6, 6.07) is 2.00. The Labute approximate surface area is 88.0 Å². The molecular weight excluding hydrogens is 192 g/mol. The van der Waals surface area contributed by atoms with E-state index in [-0.39, 0.29) is 6.61 Å². The van der Waals surface area contributed by atoms with Gasteiger partial charge in [0.05, 0.1) is 24.8 Å². The first kappa shape index (κ1) is 9.92. The van der Waals surface area contributed by atoms with Crippen molar-refractivity contribution in [3.05, 3.63) is 36.2 Å². The van der Waals surface area contributed by atoms with Crippen LogP contribution in [0.15, 0.2) is 24.8 Å². The minimum Gasteiger partial charge on any atom is -0.390 e. The highest BCUT2D eigenvalue weighted by molar-refractivity contribution is 5.02. The number of aryl methyl sites for hydroxylation is 3. The van der Waals surface area contributed by atoms with Crippen molar-refractivity contribution in [2.75, 3.05) is 0 Å². The normalized spacial score (nSPS) is 10.8. The molecule has 0 aliphatic carbocycles. The Bertz CT molecular complexity index is 432. The molecule has 5 nitrogen and oxygen atoms in total. The van der Waals surface area contributed by atoms with Crippen molar-refractivity contribution < 1.29 is 5.11 Å². The van der Waals surface area contributed by atoms with E-state index >= 15 is 0 Å². The summed E-state index contributed by atoms with van der Waals surface area (Å²) in [6.45, 7) is 0.848. The molecule has 0 spiro atoms. The zero-order valence-corrected chi connectivity index (χ0v) is 8.67. The molecule has 0 saturated carbocycles. The van der Waals surface area contributed by atoms with Crippen LogP contribution in [0, 0.1) is 0 Å². The molecule has 0 saturated heterocycles. The van der Waals surface area contributed by atoms with Gasteiger partial charge in [-0.15, -0.1) is 0 Å². The fourth-order valence-corrected chi connectivity index (χ4v) is 1.56. The fourth-order valence-electron chi connectivity index (χ4n) is 1.56. The molecule has 15 heavy (non-hydrogen) atoms. The molecule has 0 aliphatic rings. The first-order valence-electron chi connectivity index (χ1n) is 4.88. The van der Waals surface area contributed by atoms with Crippen molar-refractivity contribution in [3.63, 3.8) is 0 Å². The molecule has 2 rings (SSSR count). The Hall–Kier alpha value is -1.62. The van der Waals surface area contributed by atoms with Gasteiger partial charge in [-0.3, -0.25) is 4.68 Å². The lowest BCUT2D eigenvalue weighted by Gasteiger charge is -2.06. The quantitative estimate of drug-likeness (QED) is 0.785. The highest BCUT2D eigenvalue weighted by Gasteiger charge is 2.02. The van der Waals surface area contributed by atoms with E-state index in [0.717, 1.165) is 18.7 Å². The Balaban J connectivity index is 2.02. The summed E-state index contributed by atoms with van der Waals surface area (Å²) in [5.74, 6) is 0. The van der Waals surface area contributed by atoms with Crippen LogP contribution in [-0.4, -0.2) is 24.4 Å². The highest BCUT2D eigenvalue weighted by atomic mass is 16.3. The van der Waals surface area contributed by atoms with Crippen LogP contribution in [0.5, 0.6) is 0 Å². The zero-order valence-electron chi connectivity index (χ0n) is 8.67. The SMILES string of the molecule is Cn1nccc1CCn1cncc1CO. The molecule has 2 aromatic rings. The third-order valence-corrected chi connectivity index (χ3v) is 2.49. The Morgan fingerprint density at radius 2 is 2.27 bits per heavy atom. The Kier molecular flexibility index (Phi) is 2.82. The monoisotopic (exact) mass is 206 g/mol. The van der Waals surface area contributed by atoms with Crippen LogP contribution < -0.4 is 0 Å².